The van der Waals surface area contributed by atoms with E-state index in [9.17, 15) is 0 Å². The number of hydrogen-bond acceptors (Lipinski definition) is 5. The van der Waals surface area contributed by atoms with E-state index in [4.69, 9.17) is 17.3 Å². The smallest absolute Gasteiger partial charge is 0.220 e. The molecule has 4 heterocycles. The van der Waals surface area contributed by atoms with Crippen LogP contribution >= 0.6 is 11.6 Å². The number of anilines is 1. The second-order valence-electron chi connectivity index (χ2n) is 5.40. The summed E-state index contributed by atoms with van der Waals surface area (Å²) in [5.74, 6) is 0.201. The molecule has 0 spiro atoms. The van der Waals surface area contributed by atoms with Crippen LogP contribution in [0.25, 0.3) is 16.8 Å². The van der Waals surface area contributed by atoms with Crippen molar-refractivity contribution >= 4 is 23.1 Å². The third kappa shape index (κ3) is 2.87. The molecule has 0 saturated carbocycles. The Kier molecular flexibility index (Phi) is 4.45. The van der Waals surface area contributed by atoms with Gasteiger partial charge in [-0.3, -0.25) is 0 Å². The summed E-state index contributed by atoms with van der Waals surface area (Å²) in [5.41, 5.74) is 10.5. The molecule has 6 nitrogen and oxygen atoms in total. The fraction of sp³-hybridized carbons (Fsp3) is 0.312. The Labute approximate surface area is 139 Å². The summed E-state index contributed by atoms with van der Waals surface area (Å²) >= 11 is 6.18. The van der Waals surface area contributed by atoms with Crippen LogP contribution in [0.15, 0.2) is 24.5 Å². The van der Waals surface area contributed by atoms with Crippen LogP contribution in [0.4, 0.5) is 5.95 Å². The van der Waals surface area contributed by atoms with Crippen molar-refractivity contribution in [2.45, 2.75) is 33.4 Å². The molecule has 7 heteroatoms. The highest BCUT2D eigenvalue weighted by Crippen LogP contribution is 2.30. The molecule has 1 aliphatic rings. The van der Waals surface area contributed by atoms with Crippen molar-refractivity contribution in [1.29, 1.82) is 0 Å². The number of nitrogens with zero attached hydrogens (tertiary/aromatic N) is 4. The molecule has 3 aromatic heterocycles. The monoisotopic (exact) mass is 330 g/mol. The van der Waals surface area contributed by atoms with Crippen LogP contribution in [0.5, 0.6) is 0 Å². The molecule has 3 aromatic rings. The lowest BCUT2D eigenvalue weighted by atomic mass is 10.1. The van der Waals surface area contributed by atoms with Crippen molar-refractivity contribution in [3.05, 3.63) is 40.8 Å². The summed E-state index contributed by atoms with van der Waals surface area (Å²) in [6, 6.07) is 4.14. The lowest BCUT2D eigenvalue weighted by Gasteiger charge is -2.05. The van der Waals surface area contributed by atoms with Crippen molar-refractivity contribution in [1.82, 2.24) is 24.9 Å². The minimum absolute atomic E-state index is 0.201. The molecule has 0 unspecified atom stereocenters. The Bertz CT molecular complexity index is 842. The van der Waals surface area contributed by atoms with Crippen molar-refractivity contribution in [2.24, 2.45) is 0 Å². The van der Waals surface area contributed by atoms with Crippen molar-refractivity contribution in [3.8, 4) is 11.3 Å². The molecule has 4 rings (SSSR count). The first-order valence-corrected chi connectivity index (χ1v) is 8.01. The Morgan fingerprint density at radius 3 is 2.83 bits per heavy atom. The number of pyridine rings is 1. The molecule has 0 amide bonds. The van der Waals surface area contributed by atoms with Gasteiger partial charge in [0.25, 0.3) is 0 Å². The van der Waals surface area contributed by atoms with E-state index in [2.05, 4.69) is 40.3 Å². The minimum Gasteiger partial charge on any atom is -0.368 e. The molecule has 120 valence electrons. The number of aromatic nitrogens is 4. The van der Waals surface area contributed by atoms with Crippen LogP contribution in [0.2, 0.25) is 5.02 Å². The molecule has 23 heavy (non-hydrogen) atoms. The summed E-state index contributed by atoms with van der Waals surface area (Å²) < 4.78 is 1.93. The number of nitrogens with one attached hydrogen (secondary N) is 1. The summed E-state index contributed by atoms with van der Waals surface area (Å²) in [5, 5.41) is 8.24. The summed E-state index contributed by atoms with van der Waals surface area (Å²) in [4.78, 5) is 8.11. The third-order valence-electron chi connectivity index (χ3n) is 3.50. The highest BCUT2D eigenvalue weighted by atomic mass is 35.5. The topological polar surface area (TPSA) is 81.1 Å². The van der Waals surface area contributed by atoms with Crippen LogP contribution in [0.1, 0.15) is 31.5 Å². The zero-order chi connectivity index (χ0) is 16.4. The number of rotatable bonds is 1. The first kappa shape index (κ1) is 15.7. The zero-order valence-corrected chi connectivity index (χ0v) is 13.9. The maximum Gasteiger partial charge on any atom is 0.220 e. The zero-order valence-electron chi connectivity index (χ0n) is 13.2. The SMILES string of the molecule is CCC.Nc1ncc(Cl)c(-c2cnn3c4c(ccc23)CNC4)n1. The Morgan fingerprint density at radius 2 is 2.04 bits per heavy atom. The van der Waals surface area contributed by atoms with E-state index >= 15 is 0 Å². The second-order valence-corrected chi connectivity index (χ2v) is 5.80. The molecule has 1 aliphatic heterocycles. The van der Waals surface area contributed by atoms with E-state index in [1.165, 1.54) is 23.9 Å². The van der Waals surface area contributed by atoms with Crippen molar-refractivity contribution in [3.63, 3.8) is 0 Å². The number of hydrogen-bond donors (Lipinski definition) is 2. The maximum atomic E-state index is 6.18. The van der Waals surface area contributed by atoms with E-state index < -0.39 is 0 Å². The predicted molar refractivity (Wildman–Crippen MR) is 92.1 cm³/mol. The first-order valence-electron chi connectivity index (χ1n) is 7.63. The van der Waals surface area contributed by atoms with Crippen LogP contribution in [-0.4, -0.2) is 19.6 Å². The predicted octanol–water partition coefficient (Wildman–Crippen LogP) is 3.05. The van der Waals surface area contributed by atoms with Gasteiger partial charge < -0.3 is 11.1 Å². The summed E-state index contributed by atoms with van der Waals surface area (Å²) in [7, 11) is 0. The number of nitrogen functional groups attached to an aromatic ring is 1. The van der Waals surface area contributed by atoms with Crippen LogP contribution < -0.4 is 11.1 Å². The van der Waals surface area contributed by atoms with E-state index in [0.717, 1.165) is 24.2 Å². The molecule has 0 aliphatic carbocycles. The maximum absolute atomic E-state index is 6.18. The molecule has 0 radical (unpaired) electrons. The van der Waals surface area contributed by atoms with Gasteiger partial charge in [-0.05, 0) is 11.6 Å². The van der Waals surface area contributed by atoms with Gasteiger partial charge in [0.1, 0.15) is 0 Å². The number of halogens is 1. The molecule has 0 aromatic carbocycles. The molecule has 0 fully saturated rings. The molecule has 0 bridgehead atoms. The van der Waals surface area contributed by atoms with Crippen LogP contribution in [0.3, 0.4) is 0 Å². The number of nitrogens with two attached hydrogens (primary N) is 1. The van der Waals surface area contributed by atoms with Gasteiger partial charge in [-0.1, -0.05) is 37.9 Å². The van der Waals surface area contributed by atoms with Crippen LogP contribution in [0, 0.1) is 0 Å². The van der Waals surface area contributed by atoms with E-state index in [-0.39, 0.29) is 5.95 Å². The van der Waals surface area contributed by atoms with Gasteiger partial charge in [0, 0.05) is 18.7 Å². The molecular weight excluding hydrogens is 312 g/mol. The van der Waals surface area contributed by atoms with Gasteiger partial charge in [-0.15, -0.1) is 0 Å². The lowest BCUT2D eigenvalue weighted by Crippen LogP contribution is -2.02. The summed E-state index contributed by atoms with van der Waals surface area (Å²) in [6.45, 7) is 5.94. The number of fused-ring (bicyclic) bond motifs is 3. The van der Waals surface area contributed by atoms with Gasteiger partial charge in [-0.25, -0.2) is 14.5 Å². The first-order chi connectivity index (χ1) is 11.2. The highest BCUT2D eigenvalue weighted by molar-refractivity contribution is 6.33. The van der Waals surface area contributed by atoms with Gasteiger partial charge in [0.15, 0.2) is 0 Å². The largest absolute Gasteiger partial charge is 0.368 e. The fourth-order valence-corrected chi connectivity index (χ4v) is 2.76. The summed E-state index contributed by atoms with van der Waals surface area (Å²) in [6.07, 6.45) is 4.53. The minimum atomic E-state index is 0.201. The van der Waals surface area contributed by atoms with Crippen molar-refractivity contribution < 1.29 is 0 Å². The highest BCUT2D eigenvalue weighted by Gasteiger charge is 2.18. The van der Waals surface area contributed by atoms with Gasteiger partial charge in [0.2, 0.25) is 5.95 Å². The standard InChI is InChI=1S/C13H11ClN6.C3H8/c14-9-5-17-13(15)19-12(9)8-4-18-20-10(8)2-1-7-3-16-6-11(7)20;1-3-2/h1-2,4-5,16H,3,6H2,(H2,15,17,19);3H2,1-2H3. The normalized spacial score (nSPS) is 12.8. The fourth-order valence-electron chi connectivity index (χ4n) is 2.56. The van der Waals surface area contributed by atoms with Crippen molar-refractivity contribution in [2.75, 3.05) is 5.73 Å². The Hall–Kier alpha value is -2.18. The lowest BCUT2D eigenvalue weighted by molar-refractivity contribution is 0.741. The van der Waals surface area contributed by atoms with Gasteiger partial charge in [-0.2, -0.15) is 5.10 Å². The second kappa shape index (κ2) is 6.52. The van der Waals surface area contributed by atoms with Crippen LogP contribution in [-0.2, 0) is 13.1 Å². The molecule has 0 atom stereocenters. The van der Waals surface area contributed by atoms with Gasteiger partial charge in [0.05, 0.1) is 34.3 Å². The van der Waals surface area contributed by atoms with Gasteiger partial charge >= 0.3 is 0 Å². The molecule has 3 N–H and O–H groups in total. The molecule has 0 saturated heterocycles. The Balaban J connectivity index is 0.000000485. The van der Waals surface area contributed by atoms with E-state index in [0.29, 0.717) is 10.7 Å². The average molecular weight is 331 g/mol. The quantitative estimate of drug-likeness (QED) is 0.716. The average Bonchev–Trinajstić information content (AvgIpc) is 3.15. The third-order valence-corrected chi connectivity index (χ3v) is 3.78. The van der Waals surface area contributed by atoms with E-state index in [1.807, 2.05) is 10.6 Å². The van der Waals surface area contributed by atoms with E-state index in [1.54, 1.807) is 6.20 Å². The Morgan fingerprint density at radius 1 is 1.26 bits per heavy atom. The molecular formula is C16H19ClN6.